The molecule has 0 amide bonds. The van der Waals surface area contributed by atoms with E-state index in [0.717, 1.165) is 24.3 Å². The molecule has 0 aliphatic rings. The lowest BCUT2D eigenvalue weighted by Crippen LogP contribution is -2.04. The molecule has 7 heteroatoms. The summed E-state index contributed by atoms with van der Waals surface area (Å²) in [6.45, 7) is 3.43. The van der Waals surface area contributed by atoms with Gasteiger partial charge in [0.1, 0.15) is 18.2 Å². The minimum Gasteiger partial charge on any atom is -0.370 e. The minimum absolute atomic E-state index is 0.00149. The zero-order chi connectivity index (χ0) is 13.7. The van der Waals surface area contributed by atoms with Crippen LogP contribution in [0.5, 0.6) is 0 Å². The zero-order valence-electron chi connectivity index (χ0n) is 10.6. The molecule has 0 saturated heterocycles. The Morgan fingerprint density at radius 1 is 1.53 bits per heavy atom. The van der Waals surface area contributed by atoms with Gasteiger partial charge in [-0.1, -0.05) is 6.92 Å². The standard InChI is InChI=1S/C12H15N5O2/c1-2-4-13-12-6-10(3-5-14-12)8-16-9-11(7-15-16)17(18)19/h3,5-7,9H,2,4,8H2,1H3,(H,13,14). The van der Waals surface area contributed by atoms with E-state index in [1.54, 1.807) is 6.20 Å². The van der Waals surface area contributed by atoms with E-state index < -0.39 is 4.92 Å². The first kappa shape index (κ1) is 13.0. The highest BCUT2D eigenvalue weighted by Gasteiger charge is 2.08. The second-order valence-corrected chi connectivity index (χ2v) is 4.13. The lowest BCUT2D eigenvalue weighted by atomic mass is 10.2. The lowest BCUT2D eigenvalue weighted by molar-refractivity contribution is -0.385. The van der Waals surface area contributed by atoms with Crippen LogP contribution in [-0.2, 0) is 6.54 Å². The molecule has 2 heterocycles. The molecule has 0 aromatic carbocycles. The van der Waals surface area contributed by atoms with Crippen molar-refractivity contribution in [3.8, 4) is 0 Å². The average molecular weight is 261 g/mol. The van der Waals surface area contributed by atoms with Gasteiger partial charge in [0.25, 0.3) is 0 Å². The maximum atomic E-state index is 10.6. The number of aromatic nitrogens is 3. The summed E-state index contributed by atoms with van der Waals surface area (Å²) >= 11 is 0. The van der Waals surface area contributed by atoms with E-state index in [1.165, 1.54) is 17.1 Å². The van der Waals surface area contributed by atoms with Gasteiger partial charge in [0.15, 0.2) is 0 Å². The Kier molecular flexibility index (Phi) is 4.07. The van der Waals surface area contributed by atoms with Crippen LogP contribution >= 0.6 is 0 Å². The highest BCUT2D eigenvalue weighted by Crippen LogP contribution is 2.12. The molecule has 0 spiro atoms. The fraction of sp³-hybridized carbons (Fsp3) is 0.333. The van der Waals surface area contributed by atoms with E-state index in [-0.39, 0.29) is 5.69 Å². The van der Waals surface area contributed by atoms with E-state index in [2.05, 4.69) is 22.3 Å². The molecule has 0 radical (unpaired) electrons. The molecule has 0 unspecified atom stereocenters. The fourth-order valence-corrected chi connectivity index (χ4v) is 1.64. The van der Waals surface area contributed by atoms with Gasteiger partial charge in [-0.15, -0.1) is 0 Å². The van der Waals surface area contributed by atoms with E-state index in [0.29, 0.717) is 6.54 Å². The molecule has 2 aromatic heterocycles. The molecule has 2 aromatic rings. The van der Waals surface area contributed by atoms with Crippen molar-refractivity contribution in [2.45, 2.75) is 19.9 Å². The first-order valence-electron chi connectivity index (χ1n) is 6.04. The van der Waals surface area contributed by atoms with Crippen LogP contribution in [-0.4, -0.2) is 26.2 Å². The van der Waals surface area contributed by atoms with Crippen molar-refractivity contribution in [1.29, 1.82) is 0 Å². The van der Waals surface area contributed by atoms with Gasteiger partial charge >= 0.3 is 5.69 Å². The Morgan fingerprint density at radius 3 is 3.05 bits per heavy atom. The quantitative estimate of drug-likeness (QED) is 0.635. The third-order valence-electron chi connectivity index (χ3n) is 2.56. The Hall–Kier alpha value is -2.44. The molecule has 0 fully saturated rings. The van der Waals surface area contributed by atoms with Gasteiger partial charge in [0.05, 0.1) is 11.5 Å². The van der Waals surface area contributed by atoms with Crippen molar-refractivity contribution in [2.24, 2.45) is 0 Å². The number of anilines is 1. The number of rotatable bonds is 6. The number of nitrogens with zero attached hydrogens (tertiary/aromatic N) is 4. The summed E-state index contributed by atoms with van der Waals surface area (Å²) in [7, 11) is 0. The van der Waals surface area contributed by atoms with E-state index in [4.69, 9.17) is 0 Å². The lowest BCUT2D eigenvalue weighted by Gasteiger charge is -2.06. The van der Waals surface area contributed by atoms with Gasteiger partial charge in [-0.25, -0.2) is 4.98 Å². The monoisotopic (exact) mass is 261 g/mol. The van der Waals surface area contributed by atoms with Crippen LogP contribution in [0.25, 0.3) is 0 Å². The SMILES string of the molecule is CCCNc1cc(Cn2cc([N+](=O)[O-])cn2)ccn1. The molecular weight excluding hydrogens is 246 g/mol. The van der Waals surface area contributed by atoms with Crippen LogP contribution in [0.1, 0.15) is 18.9 Å². The summed E-state index contributed by atoms with van der Waals surface area (Å²) in [5, 5.41) is 17.7. The molecule has 1 N–H and O–H groups in total. The molecular formula is C12H15N5O2. The van der Waals surface area contributed by atoms with E-state index in [1.807, 2.05) is 12.1 Å². The third kappa shape index (κ3) is 3.51. The summed E-state index contributed by atoms with van der Waals surface area (Å²) in [6, 6.07) is 3.79. The largest absolute Gasteiger partial charge is 0.370 e. The molecule has 0 aliphatic heterocycles. The fourth-order valence-electron chi connectivity index (χ4n) is 1.64. The molecule has 0 saturated carbocycles. The Labute approximate surface area is 110 Å². The van der Waals surface area contributed by atoms with Gasteiger partial charge < -0.3 is 5.32 Å². The molecule has 7 nitrogen and oxygen atoms in total. The Morgan fingerprint density at radius 2 is 2.37 bits per heavy atom. The van der Waals surface area contributed by atoms with Gasteiger partial charge in [-0.2, -0.15) is 5.10 Å². The second-order valence-electron chi connectivity index (χ2n) is 4.13. The molecule has 2 rings (SSSR count). The van der Waals surface area contributed by atoms with Crippen LogP contribution in [0.4, 0.5) is 11.5 Å². The van der Waals surface area contributed by atoms with Gasteiger partial charge in [-0.05, 0) is 24.1 Å². The van der Waals surface area contributed by atoms with Gasteiger partial charge in [-0.3, -0.25) is 14.8 Å². The highest BCUT2D eigenvalue weighted by atomic mass is 16.6. The minimum atomic E-state index is -0.454. The molecule has 0 aliphatic carbocycles. The zero-order valence-corrected chi connectivity index (χ0v) is 10.6. The van der Waals surface area contributed by atoms with Crippen molar-refractivity contribution in [3.05, 3.63) is 46.4 Å². The Balaban J connectivity index is 2.07. The normalized spacial score (nSPS) is 10.4. The number of hydrogen-bond acceptors (Lipinski definition) is 5. The van der Waals surface area contributed by atoms with Crippen molar-refractivity contribution in [2.75, 3.05) is 11.9 Å². The summed E-state index contributed by atoms with van der Waals surface area (Å²) in [4.78, 5) is 14.3. The van der Waals surface area contributed by atoms with Crippen LogP contribution in [0.15, 0.2) is 30.7 Å². The smallest absolute Gasteiger partial charge is 0.307 e. The molecule has 19 heavy (non-hydrogen) atoms. The van der Waals surface area contributed by atoms with Crippen LogP contribution in [0, 0.1) is 10.1 Å². The summed E-state index contributed by atoms with van der Waals surface area (Å²) in [6.07, 6.45) is 5.40. The van der Waals surface area contributed by atoms with E-state index in [9.17, 15) is 10.1 Å². The molecule has 0 atom stereocenters. The molecule has 0 bridgehead atoms. The van der Waals surface area contributed by atoms with Crippen LogP contribution in [0.3, 0.4) is 0 Å². The van der Waals surface area contributed by atoms with Crippen molar-refractivity contribution >= 4 is 11.5 Å². The average Bonchev–Trinajstić information content (AvgIpc) is 2.85. The van der Waals surface area contributed by atoms with Crippen molar-refractivity contribution in [1.82, 2.24) is 14.8 Å². The number of nitro groups is 1. The molecule has 100 valence electrons. The number of nitrogens with one attached hydrogen (secondary N) is 1. The topological polar surface area (TPSA) is 85.9 Å². The number of pyridine rings is 1. The van der Waals surface area contributed by atoms with Crippen LogP contribution < -0.4 is 5.32 Å². The van der Waals surface area contributed by atoms with Gasteiger partial charge in [0, 0.05) is 12.7 Å². The maximum absolute atomic E-state index is 10.6. The summed E-state index contributed by atoms with van der Waals surface area (Å²) < 4.78 is 1.54. The first-order valence-corrected chi connectivity index (χ1v) is 6.04. The third-order valence-corrected chi connectivity index (χ3v) is 2.56. The predicted molar refractivity (Wildman–Crippen MR) is 71.0 cm³/mol. The van der Waals surface area contributed by atoms with Gasteiger partial charge in [0.2, 0.25) is 0 Å². The Bertz CT molecular complexity index is 567. The summed E-state index contributed by atoms with van der Waals surface area (Å²) in [5.41, 5.74) is 0.991. The maximum Gasteiger partial charge on any atom is 0.307 e. The summed E-state index contributed by atoms with van der Waals surface area (Å²) in [5.74, 6) is 0.806. The van der Waals surface area contributed by atoms with Crippen molar-refractivity contribution in [3.63, 3.8) is 0 Å². The predicted octanol–water partition coefficient (Wildman–Crippen LogP) is 2.06. The highest BCUT2D eigenvalue weighted by molar-refractivity contribution is 5.37. The van der Waals surface area contributed by atoms with Crippen LogP contribution in [0.2, 0.25) is 0 Å². The number of hydrogen-bond donors (Lipinski definition) is 1. The first-order chi connectivity index (χ1) is 9.19. The van der Waals surface area contributed by atoms with E-state index >= 15 is 0 Å². The second kappa shape index (κ2) is 5.94. The van der Waals surface area contributed by atoms with Crippen molar-refractivity contribution < 1.29 is 4.92 Å².